The van der Waals surface area contributed by atoms with E-state index in [-0.39, 0.29) is 11.5 Å². The second-order valence-corrected chi connectivity index (χ2v) is 5.51. The summed E-state index contributed by atoms with van der Waals surface area (Å²) >= 11 is 0. The van der Waals surface area contributed by atoms with Crippen LogP contribution in [-0.4, -0.2) is 21.3 Å². The van der Waals surface area contributed by atoms with Gasteiger partial charge >= 0.3 is 0 Å². The van der Waals surface area contributed by atoms with Gasteiger partial charge in [0.15, 0.2) is 11.6 Å². The van der Waals surface area contributed by atoms with Gasteiger partial charge in [0.05, 0.1) is 5.41 Å². The highest BCUT2D eigenvalue weighted by Gasteiger charge is 2.42. The second-order valence-electron chi connectivity index (χ2n) is 5.51. The highest BCUT2D eigenvalue weighted by molar-refractivity contribution is 5.56. The lowest BCUT2D eigenvalue weighted by atomic mass is 9.85. The molecule has 1 heterocycles. The maximum atomic E-state index is 13.4. The molecule has 0 aliphatic heterocycles. The molecule has 1 aromatic heterocycles. The fourth-order valence-corrected chi connectivity index (χ4v) is 2.68. The van der Waals surface area contributed by atoms with E-state index in [1.807, 2.05) is 6.92 Å². The van der Waals surface area contributed by atoms with Gasteiger partial charge in [0.2, 0.25) is 11.7 Å². The summed E-state index contributed by atoms with van der Waals surface area (Å²) in [6, 6.07) is 3.99. The van der Waals surface area contributed by atoms with Gasteiger partial charge in [-0.3, -0.25) is 0 Å². The first-order valence-electron chi connectivity index (χ1n) is 6.59. The topological polar surface area (TPSA) is 85.2 Å². The van der Waals surface area contributed by atoms with Crippen LogP contribution in [0.1, 0.15) is 32.1 Å². The highest BCUT2D eigenvalue weighted by Crippen LogP contribution is 2.39. The van der Waals surface area contributed by atoms with Gasteiger partial charge < -0.3 is 15.4 Å². The summed E-state index contributed by atoms with van der Waals surface area (Å²) in [5.41, 5.74) is 6.26. The smallest absolute Gasteiger partial charge is 0.234 e. The van der Waals surface area contributed by atoms with Gasteiger partial charge in [0, 0.05) is 11.6 Å². The van der Waals surface area contributed by atoms with Crippen LogP contribution in [0.2, 0.25) is 0 Å². The monoisotopic (exact) mass is 277 g/mol. The fourth-order valence-electron chi connectivity index (χ4n) is 2.68. The van der Waals surface area contributed by atoms with E-state index in [0.717, 1.165) is 19.3 Å². The lowest BCUT2D eigenvalue weighted by molar-refractivity contribution is 0.278. The molecule has 0 amide bonds. The van der Waals surface area contributed by atoms with E-state index in [9.17, 15) is 9.50 Å². The lowest BCUT2D eigenvalue weighted by Crippen LogP contribution is -2.38. The van der Waals surface area contributed by atoms with Crippen molar-refractivity contribution in [2.24, 2.45) is 5.73 Å². The average Bonchev–Trinajstić information content (AvgIpc) is 3.02. The summed E-state index contributed by atoms with van der Waals surface area (Å²) in [6.07, 6.45) is 2.87. The largest absolute Gasteiger partial charge is 0.505 e. The molecular weight excluding hydrogens is 261 g/mol. The van der Waals surface area contributed by atoms with Crippen molar-refractivity contribution in [2.45, 2.75) is 37.6 Å². The minimum atomic E-state index is -0.711. The Morgan fingerprint density at radius 2 is 2.30 bits per heavy atom. The molecule has 0 radical (unpaired) electrons. The van der Waals surface area contributed by atoms with Crippen LogP contribution in [0.4, 0.5) is 4.39 Å². The Bertz CT molecular complexity index is 643. The van der Waals surface area contributed by atoms with Crippen molar-refractivity contribution < 1.29 is 14.0 Å². The molecule has 0 saturated heterocycles. The van der Waals surface area contributed by atoms with Crippen LogP contribution >= 0.6 is 0 Å². The summed E-state index contributed by atoms with van der Waals surface area (Å²) < 4.78 is 18.7. The molecule has 3 rings (SSSR count). The number of aromatic hydroxyl groups is 1. The molecule has 1 aromatic carbocycles. The Balaban J connectivity index is 1.96. The molecule has 0 bridgehead atoms. The zero-order valence-corrected chi connectivity index (χ0v) is 11.1. The third kappa shape index (κ3) is 1.96. The van der Waals surface area contributed by atoms with E-state index in [4.69, 9.17) is 10.3 Å². The maximum absolute atomic E-state index is 13.4. The third-order valence-electron chi connectivity index (χ3n) is 4.15. The molecule has 5 nitrogen and oxygen atoms in total. The summed E-state index contributed by atoms with van der Waals surface area (Å²) in [5.74, 6) is -0.315. The molecule has 1 saturated carbocycles. The minimum Gasteiger partial charge on any atom is -0.505 e. The molecule has 2 aromatic rings. The van der Waals surface area contributed by atoms with Crippen LogP contribution in [-0.2, 0) is 5.41 Å². The molecule has 1 aliphatic carbocycles. The maximum Gasteiger partial charge on any atom is 0.234 e. The number of rotatable bonds is 2. The molecule has 0 spiro atoms. The summed E-state index contributed by atoms with van der Waals surface area (Å²) in [7, 11) is 0. The van der Waals surface area contributed by atoms with Gasteiger partial charge in [-0.25, -0.2) is 4.39 Å². The van der Waals surface area contributed by atoms with Crippen LogP contribution in [0.3, 0.4) is 0 Å². The zero-order valence-electron chi connectivity index (χ0n) is 11.1. The Hall–Kier alpha value is -1.95. The quantitative estimate of drug-likeness (QED) is 0.880. The van der Waals surface area contributed by atoms with Crippen molar-refractivity contribution in [3.63, 3.8) is 0 Å². The van der Waals surface area contributed by atoms with Crippen molar-refractivity contribution in [1.29, 1.82) is 0 Å². The summed E-state index contributed by atoms with van der Waals surface area (Å²) in [5, 5.41) is 13.1. The van der Waals surface area contributed by atoms with Gasteiger partial charge in [0.1, 0.15) is 0 Å². The molecular formula is C14H16FN3O2. The normalized spacial score (nSPS) is 26.1. The summed E-state index contributed by atoms with van der Waals surface area (Å²) in [6.45, 7) is 2.01. The number of hydrogen-bond acceptors (Lipinski definition) is 5. The van der Waals surface area contributed by atoms with E-state index in [2.05, 4.69) is 10.1 Å². The van der Waals surface area contributed by atoms with E-state index in [0.29, 0.717) is 17.3 Å². The SMILES string of the molecule is CC1(c2nc(-c3ccc(O)c(F)c3)no2)CCCC1N. The number of nitrogens with zero attached hydrogens (tertiary/aromatic N) is 2. The number of hydrogen-bond donors (Lipinski definition) is 2. The van der Waals surface area contributed by atoms with Gasteiger partial charge in [-0.05, 0) is 38.0 Å². The summed E-state index contributed by atoms with van der Waals surface area (Å²) in [4.78, 5) is 4.35. The first-order valence-corrected chi connectivity index (χ1v) is 6.59. The van der Waals surface area contributed by atoms with Crippen molar-refractivity contribution in [1.82, 2.24) is 10.1 Å². The number of nitrogens with two attached hydrogens (primary N) is 1. The Kier molecular flexibility index (Phi) is 2.97. The Labute approximate surface area is 115 Å². The van der Waals surface area contributed by atoms with E-state index < -0.39 is 11.6 Å². The molecule has 6 heteroatoms. The fraction of sp³-hybridized carbons (Fsp3) is 0.429. The molecule has 2 unspecified atom stereocenters. The third-order valence-corrected chi connectivity index (χ3v) is 4.15. The van der Waals surface area contributed by atoms with Crippen LogP contribution < -0.4 is 5.73 Å². The van der Waals surface area contributed by atoms with Crippen LogP contribution in [0, 0.1) is 5.82 Å². The molecule has 1 fully saturated rings. The number of phenolic OH excluding ortho intramolecular Hbond substituents is 1. The lowest BCUT2D eigenvalue weighted by Gasteiger charge is -2.23. The molecule has 3 N–H and O–H groups in total. The first-order chi connectivity index (χ1) is 9.50. The van der Waals surface area contributed by atoms with Crippen molar-refractivity contribution in [3.05, 3.63) is 29.9 Å². The Morgan fingerprint density at radius 1 is 1.50 bits per heavy atom. The number of phenols is 1. The van der Waals surface area contributed by atoms with E-state index >= 15 is 0 Å². The number of benzene rings is 1. The van der Waals surface area contributed by atoms with Crippen LogP contribution in [0.5, 0.6) is 5.75 Å². The number of aromatic nitrogens is 2. The second kappa shape index (κ2) is 4.56. The van der Waals surface area contributed by atoms with Crippen molar-refractivity contribution in [3.8, 4) is 17.1 Å². The van der Waals surface area contributed by atoms with Gasteiger partial charge in [-0.1, -0.05) is 11.6 Å². The molecule has 20 heavy (non-hydrogen) atoms. The molecule has 1 aliphatic rings. The van der Waals surface area contributed by atoms with Crippen molar-refractivity contribution in [2.75, 3.05) is 0 Å². The zero-order chi connectivity index (χ0) is 14.3. The first kappa shape index (κ1) is 13.1. The minimum absolute atomic E-state index is 0.00708. The van der Waals surface area contributed by atoms with E-state index in [1.54, 1.807) is 6.07 Å². The van der Waals surface area contributed by atoms with Crippen molar-refractivity contribution >= 4 is 0 Å². The molecule has 106 valence electrons. The van der Waals surface area contributed by atoms with Crippen LogP contribution in [0.15, 0.2) is 22.7 Å². The average molecular weight is 277 g/mol. The predicted molar refractivity (Wildman–Crippen MR) is 70.5 cm³/mol. The van der Waals surface area contributed by atoms with E-state index in [1.165, 1.54) is 12.1 Å². The van der Waals surface area contributed by atoms with Crippen LogP contribution in [0.25, 0.3) is 11.4 Å². The Morgan fingerprint density at radius 3 is 2.95 bits per heavy atom. The standard InChI is InChI=1S/C14H16FN3O2/c1-14(6-2-3-11(14)16)13-17-12(18-20-13)8-4-5-10(19)9(15)7-8/h4-5,7,11,19H,2-3,6,16H2,1H3. The predicted octanol–water partition coefficient (Wildman–Crippen LogP) is 2.35. The highest BCUT2D eigenvalue weighted by atomic mass is 19.1. The van der Waals surface area contributed by atoms with Gasteiger partial charge in [-0.2, -0.15) is 4.98 Å². The molecule has 2 atom stereocenters. The number of halogens is 1. The van der Waals surface area contributed by atoms with Gasteiger partial charge in [-0.15, -0.1) is 0 Å². The van der Waals surface area contributed by atoms with Gasteiger partial charge in [0.25, 0.3) is 0 Å².